The van der Waals surface area contributed by atoms with Crippen molar-refractivity contribution in [1.29, 1.82) is 0 Å². The van der Waals surface area contributed by atoms with Crippen LogP contribution in [-0.2, 0) is 0 Å². The Balaban J connectivity index is 1.94. The number of pyridine rings is 1. The summed E-state index contributed by atoms with van der Waals surface area (Å²) in [6.45, 7) is 9.73. The van der Waals surface area contributed by atoms with Gasteiger partial charge < -0.3 is 10.1 Å². The minimum atomic E-state index is 0.495. The molecule has 2 atom stereocenters. The topological polar surface area (TPSA) is 34.1 Å². The Kier molecular flexibility index (Phi) is 4.33. The average molecular weight is 262 g/mol. The fraction of sp³-hybridized carbons (Fsp3) is 0.688. The molecule has 0 spiro atoms. The number of hydrogen-bond acceptors (Lipinski definition) is 3. The van der Waals surface area contributed by atoms with E-state index >= 15 is 0 Å². The maximum atomic E-state index is 5.36. The maximum Gasteiger partial charge on any atom is 0.213 e. The Morgan fingerprint density at radius 3 is 2.79 bits per heavy atom. The van der Waals surface area contributed by atoms with E-state index in [2.05, 4.69) is 37.1 Å². The Morgan fingerprint density at radius 1 is 1.42 bits per heavy atom. The van der Waals surface area contributed by atoms with Crippen LogP contribution in [0.1, 0.15) is 47.0 Å². The molecule has 2 rings (SSSR count). The molecule has 0 aromatic carbocycles. The first-order valence-corrected chi connectivity index (χ1v) is 7.35. The lowest BCUT2D eigenvalue weighted by molar-refractivity contribution is 0.177. The van der Waals surface area contributed by atoms with E-state index in [1.807, 2.05) is 19.2 Å². The molecule has 1 aromatic rings. The molecule has 1 N–H and O–H groups in total. The predicted octanol–water partition coefficient (Wildman–Crippen LogP) is 4.11. The zero-order valence-electron chi connectivity index (χ0n) is 12.6. The van der Waals surface area contributed by atoms with E-state index in [1.54, 1.807) is 0 Å². The van der Waals surface area contributed by atoms with Crippen LogP contribution in [-0.4, -0.2) is 17.6 Å². The molecule has 0 radical (unpaired) electrons. The number of hydrogen-bond donors (Lipinski definition) is 1. The predicted molar refractivity (Wildman–Crippen MR) is 79.6 cm³/mol. The van der Waals surface area contributed by atoms with Crippen molar-refractivity contribution in [3.05, 3.63) is 18.3 Å². The minimum absolute atomic E-state index is 0.495. The van der Waals surface area contributed by atoms with Crippen molar-refractivity contribution in [2.45, 2.75) is 53.0 Å². The molecule has 1 aliphatic rings. The van der Waals surface area contributed by atoms with Crippen LogP contribution in [0.25, 0.3) is 0 Å². The van der Waals surface area contributed by atoms with E-state index in [0.717, 1.165) is 5.69 Å². The molecule has 19 heavy (non-hydrogen) atoms. The summed E-state index contributed by atoms with van der Waals surface area (Å²) >= 11 is 0. The summed E-state index contributed by atoms with van der Waals surface area (Å²) in [6.07, 6.45) is 5.69. The van der Waals surface area contributed by atoms with Gasteiger partial charge in [-0.1, -0.05) is 20.8 Å². The molecule has 1 heterocycles. The van der Waals surface area contributed by atoms with Gasteiger partial charge in [0, 0.05) is 12.1 Å². The van der Waals surface area contributed by atoms with Crippen LogP contribution in [0, 0.1) is 11.3 Å². The van der Waals surface area contributed by atoms with Gasteiger partial charge in [0.05, 0.1) is 18.5 Å². The first-order valence-electron chi connectivity index (χ1n) is 7.35. The Bertz CT molecular complexity index is 400. The molecule has 1 aliphatic carbocycles. The first kappa shape index (κ1) is 14.2. The quantitative estimate of drug-likeness (QED) is 0.886. The number of nitrogens with zero attached hydrogens (tertiary/aromatic N) is 1. The summed E-state index contributed by atoms with van der Waals surface area (Å²) < 4.78 is 5.36. The van der Waals surface area contributed by atoms with Crippen LogP contribution in [0.15, 0.2) is 18.3 Å². The third kappa shape index (κ3) is 3.85. The zero-order chi connectivity index (χ0) is 13.9. The Labute approximate surface area is 116 Å². The van der Waals surface area contributed by atoms with E-state index in [0.29, 0.717) is 29.9 Å². The molecule has 1 fully saturated rings. The first-order chi connectivity index (χ1) is 9.00. The number of rotatable bonds is 4. The van der Waals surface area contributed by atoms with Gasteiger partial charge in [0.25, 0.3) is 0 Å². The standard InChI is InChI=1S/C16H26N2O/c1-5-19-15-7-6-13(11-17-15)18-14-8-9-16(3,4)10-12(14)2/h6-7,11-12,14,18H,5,8-10H2,1-4H3. The SMILES string of the molecule is CCOc1ccc(NC2CCC(C)(C)CC2C)cn1. The molecule has 3 heteroatoms. The second-order valence-corrected chi connectivity index (χ2v) is 6.45. The van der Waals surface area contributed by atoms with E-state index in [9.17, 15) is 0 Å². The second-order valence-electron chi connectivity index (χ2n) is 6.45. The molecular weight excluding hydrogens is 236 g/mol. The second kappa shape index (κ2) is 5.81. The number of anilines is 1. The summed E-state index contributed by atoms with van der Waals surface area (Å²) in [5.74, 6) is 1.40. The lowest BCUT2D eigenvalue weighted by atomic mass is 9.70. The highest BCUT2D eigenvalue weighted by Crippen LogP contribution is 2.39. The average Bonchev–Trinajstić information content (AvgIpc) is 2.35. The van der Waals surface area contributed by atoms with Crippen molar-refractivity contribution in [2.75, 3.05) is 11.9 Å². The summed E-state index contributed by atoms with van der Waals surface area (Å²) in [4.78, 5) is 4.30. The van der Waals surface area contributed by atoms with Gasteiger partial charge in [0.2, 0.25) is 5.88 Å². The van der Waals surface area contributed by atoms with E-state index in [1.165, 1.54) is 19.3 Å². The van der Waals surface area contributed by atoms with Crippen LogP contribution >= 0.6 is 0 Å². The lowest BCUT2D eigenvalue weighted by Crippen LogP contribution is -2.36. The van der Waals surface area contributed by atoms with Gasteiger partial charge >= 0.3 is 0 Å². The molecule has 3 nitrogen and oxygen atoms in total. The van der Waals surface area contributed by atoms with Gasteiger partial charge in [-0.25, -0.2) is 4.98 Å². The van der Waals surface area contributed by atoms with Crippen molar-refractivity contribution in [3.63, 3.8) is 0 Å². The highest BCUT2D eigenvalue weighted by Gasteiger charge is 2.32. The zero-order valence-corrected chi connectivity index (χ0v) is 12.6. The Morgan fingerprint density at radius 2 is 2.21 bits per heavy atom. The number of aromatic nitrogens is 1. The normalized spacial score (nSPS) is 25.9. The van der Waals surface area contributed by atoms with Gasteiger partial charge in [-0.15, -0.1) is 0 Å². The van der Waals surface area contributed by atoms with E-state index in [4.69, 9.17) is 4.74 Å². The molecule has 1 saturated carbocycles. The summed E-state index contributed by atoms with van der Waals surface area (Å²) in [7, 11) is 0. The van der Waals surface area contributed by atoms with Crippen LogP contribution in [0.5, 0.6) is 5.88 Å². The third-order valence-corrected chi connectivity index (χ3v) is 4.07. The highest BCUT2D eigenvalue weighted by atomic mass is 16.5. The lowest BCUT2D eigenvalue weighted by Gasteiger charge is -2.39. The molecule has 0 saturated heterocycles. The van der Waals surface area contributed by atoms with Gasteiger partial charge in [0.15, 0.2) is 0 Å². The van der Waals surface area contributed by atoms with Crippen molar-refractivity contribution >= 4 is 5.69 Å². The minimum Gasteiger partial charge on any atom is -0.478 e. The fourth-order valence-electron chi connectivity index (χ4n) is 3.07. The maximum absolute atomic E-state index is 5.36. The molecule has 106 valence electrons. The van der Waals surface area contributed by atoms with Crippen LogP contribution in [0.3, 0.4) is 0 Å². The van der Waals surface area contributed by atoms with E-state index in [-0.39, 0.29) is 0 Å². The Hall–Kier alpha value is -1.25. The molecular formula is C16H26N2O. The molecule has 0 amide bonds. The summed E-state index contributed by atoms with van der Waals surface area (Å²) in [6, 6.07) is 4.56. The van der Waals surface area contributed by atoms with Crippen LogP contribution in [0.2, 0.25) is 0 Å². The van der Waals surface area contributed by atoms with Gasteiger partial charge in [-0.2, -0.15) is 0 Å². The van der Waals surface area contributed by atoms with Gasteiger partial charge in [-0.3, -0.25) is 0 Å². The van der Waals surface area contributed by atoms with Crippen LogP contribution < -0.4 is 10.1 Å². The highest BCUT2D eigenvalue weighted by molar-refractivity contribution is 5.43. The van der Waals surface area contributed by atoms with Crippen LogP contribution in [0.4, 0.5) is 5.69 Å². The molecule has 0 aliphatic heterocycles. The van der Waals surface area contributed by atoms with Gasteiger partial charge in [0.1, 0.15) is 0 Å². The fourth-order valence-corrected chi connectivity index (χ4v) is 3.07. The monoisotopic (exact) mass is 262 g/mol. The van der Waals surface area contributed by atoms with Crippen molar-refractivity contribution in [3.8, 4) is 5.88 Å². The summed E-state index contributed by atoms with van der Waals surface area (Å²) in [5, 5.41) is 3.62. The number of nitrogens with one attached hydrogen (secondary N) is 1. The van der Waals surface area contributed by atoms with Crippen molar-refractivity contribution < 1.29 is 4.74 Å². The molecule has 0 bridgehead atoms. The third-order valence-electron chi connectivity index (χ3n) is 4.07. The van der Waals surface area contributed by atoms with Gasteiger partial charge in [-0.05, 0) is 43.6 Å². The largest absolute Gasteiger partial charge is 0.478 e. The summed E-state index contributed by atoms with van der Waals surface area (Å²) in [5.41, 5.74) is 1.59. The van der Waals surface area contributed by atoms with Crippen molar-refractivity contribution in [1.82, 2.24) is 4.98 Å². The van der Waals surface area contributed by atoms with E-state index < -0.39 is 0 Å². The smallest absolute Gasteiger partial charge is 0.213 e. The molecule has 2 unspecified atom stereocenters. The number of ether oxygens (including phenoxy) is 1. The molecule has 1 aromatic heterocycles. The van der Waals surface area contributed by atoms with Crippen molar-refractivity contribution in [2.24, 2.45) is 11.3 Å².